The number of carbonyl (C=O) groups is 1. The Morgan fingerprint density at radius 2 is 1.92 bits per heavy atom. The predicted octanol–water partition coefficient (Wildman–Crippen LogP) is 1.99. The monoisotopic (exact) mass is 354 g/mol. The molecule has 0 radical (unpaired) electrons. The number of nitrogens with two attached hydrogens (primary N) is 1. The van der Waals surface area contributed by atoms with E-state index < -0.39 is 24.2 Å². The maximum Gasteiger partial charge on any atom is 0.405 e. The first-order chi connectivity index (χ1) is 11.6. The first-order valence-corrected chi connectivity index (χ1v) is 7.26. The minimum absolute atomic E-state index is 0.238. The van der Waals surface area contributed by atoms with Crippen molar-refractivity contribution in [1.29, 1.82) is 0 Å². The lowest BCUT2D eigenvalue weighted by atomic mass is 10.0. The van der Waals surface area contributed by atoms with Crippen molar-refractivity contribution < 1.29 is 18.0 Å². The van der Waals surface area contributed by atoms with Crippen LogP contribution in [0.15, 0.2) is 30.6 Å². The second kappa shape index (κ2) is 6.91. The maximum absolute atomic E-state index is 12.2. The van der Waals surface area contributed by atoms with Gasteiger partial charge in [-0.25, -0.2) is 15.0 Å². The highest BCUT2D eigenvalue weighted by Crippen LogP contribution is 2.22. The quantitative estimate of drug-likeness (QED) is 0.758. The van der Waals surface area contributed by atoms with Gasteiger partial charge in [0, 0.05) is 12.4 Å². The number of nitrogen functional groups attached to an aromatic ring is 1. The smallest absolute Gasteiger partial charge is 0.383 e. The normalized spacial score (nSPS) is 11.9. The molecule has 0 atom stereocenters. The Labute approximate surface area is 141 Å². The van der Waals surface area contributed by atoms with Gasteiger partial charge < -0.3 is 16.4 Å². The number of aromatic nitrogens is 3. The van der Waals surface area contributed by atoms with Gasteiger partial charge in [-0.05, 0) is 32.0 Å². The van der Waals surface area contributed by atoms with Gasteiger partial charge in [-0.2, -0.15) is 13.2 Å². The van der Waals surface area contributed by atoms with E-state index in [4.69, 9.17) is 5.73 Å². The number of hydrogen-bond acceptors (Lipinski definition) is 6. The third-order valence-electron chi connectivity index (χ3n) is 3.19. The molecule has 0 unspecified atom stereocenters. The summed E-state index contributed by atoms with van der Waals surface area (Å²) in [5.74, 6) is -0.0322. The Kier molecular flexibility index (Phi) is 5.10. The van der Waals surface area contributed by atoms with Crippen molar-refractivity contribution in [3.05, 3.63) is 30.6 Å². The van der Waals surface area contributed by atoms with Gasteiger partial charge in [0.15, 0.2) is 5.82 Å². The molecule has 1 amide bonds. The number of carbonyl (C=O) groups excluding carboxylic acids is 1. The SMILES string of the molecule is CC(C)(Nc1ccnc(-c2cccnc2N)n1)C(=O)NCC(F)(F)F. The molecule has 2 heterocycles. The van der Waals surface area contributed by atoms with Gasteiger partial charge >= 0.3 is 6.18 Å². The van der Waals surface area contributed by atoms with E-state index in [1.807, 2.05) is 5.32 Å². The van der Waals surface area contributed by atoms with Crippen molar-refractivity contribution in [2.75, 3.05) is 17.6 Å². The van der Waals surface area contributed by atoms with Crippen LogP contribution in [0.2, 0.25) is 0 Å². The number of nitrogens with one attached hydrogen (secondary N) is 2. The largest absolute Gasteiger partial charge is 0.405 e. The molecule has 2 aromatic heterocycles. The highest BCUT2D eigenvalue weighted by molar-refractivity contribution is 5.88. The third-order valence-corrected chi connectivity index (χ3v) is 3.19. The van der Waals surface area contributed by atoms with Crippen LogP contribution in [0.1, 0.15) is 13.8 Å². The number of hydrogen-bond donors (Lipinski definition) is 3. The summed E-state index contributed by atoms with van der Waals surface area (Å²) in [5.41, 5.74) is 4.96. The van der Waals surface area contributed by atoms with E-state index in [1.54, 1.807) is 12.1 Å². The molecule has 10 heteroatoms. The van der Waals surface area contributed by atoms with Gasteiger partial charge in [-0.3, -0.25) is 4.79 Å². The summed E-state index contributed by atoms with van der Waals surface area (Å²) in [4.78, 5) is 24.2. The number of halogens is 3. The summed E-state index contributed by atoms with van der Waals surface area (Å²) in [6, 6.07) is 4.85. The van der Waals surface area contributed by atoms with Crippen LogP contribution < -0.4 is 16.4 Å². The fraction of sp³-hybridized carbons (Fsp3) is 0.333. The first kappa shape index (κ1) is 18.4. The molecule has 7 nitrogen and oxygen atoms in total. The van der Waals surface area contributed by atoms with Gasteiger partial charge in [0.25, 0.3) is 0 Å². The molecule has 0 aliphatic heterocycles. The highest BCUT2D eigenvalue weighted by atomic mass is 19.4. The molecule has 0 fully saturated rings. The lowest BCUT2D eigenvalue weighted by Gasteiger charge is -2.26. The molecule has 25 heavy (non-hydrogen) atoms. The van der Waals surface area contributed by atoms with Crippen molar-refractivity contribution >= 4 is 17.5 Å². The molecule has 0 aliphatic rings. The van der Waals surface area contributed by atoms with Crippen molar-refractivity contribution in [1.82, 2.24) is 20.3 Å². The van der Waals surface area contributed by atoms with E-state index >= 15 is 0 Å². The van der Waals surface area contributed by atoms with Crippen LogP contribution in [0, 0.1) is 0 Å². The highest BCUT2D eigenvalue weighted by Gasteiger charge is 2.33. The van der Waals surface area contributed by atoms with Crippen LogP contribution in [0.4, 0.5) is 24.8 Å². The molecule has 2 aromatic rings. The van der Waals surface area contributed by atoms with Crippen molar-refractivity contribution in [2.45, 2.75) is 25.6 Å². The van der Waals surface area contributed by atoms with Crippen LogP contribution in [0.5, 0.6) is 0 Å². The zero-order valence-electron chi connectivity index (χ0n) is 13.6. The average molecular weight is 354 g/mol. The van der Waals surface area contributed by atoms with Crippen LogP contribution in [0.25, 0.3) is 11.4 Å². The molecule has 0 saturated heterocycles. The molecule has 0 aromatic carbocycles. The van der Waals surface area contributed by atoms with Gasteiger partial charge in [0.05, 0.1) is 5.56 Å². The van der Waals surface area contributed by atoms with Gasteiger partial charge in [0.2, 0.25) is 5.91 Å². The van der Waals surface area contributed by atoms with Gasteiger partial charge in [-0.1, -0.05) is 0 Å². The van der Waals surface area contributed by atoms with Crippen molar-refractivity contribution in [3.63, 3.8) is 0 Å². The summed E-state index contributed by atoms with van der Waals surface area (Å²) in [6.07, 6.45) is -1.51. The lowest BCUT2D eigenvalue weighted by Crippen LogP contribution is -2.50. The Bertz CT molecular complexity index is 763. The zero-order valence-corrected chi connectivity index (χ0v) is 13.6. The van der Waals surface area contributed by atoms with Crippen LogP contribution in [0.3, 0.4) is 0 Å². The summed E-state index contributed by atoms with van der Waals surface area (Å²) in [5, 5.41) is 4.63. The van der Waals surface area contributed by atoms with E-state index in [0.717, 1.165) is 0 Å². The fourth-order valence-corrected chi connectivity index (χ4v) is 1.94. The van der Waals surface area contributed by atoms with E-state index in [0.29, 0.717) is 5.56 Å². The average Bonchev–Trinajstić information content (AvgIpc) is 2.52. The molecule has 0 spiro atoms. The number of anilines is 2. The Morgan fingerprint density at radius 3 is 2.56 bits per heavy atom. The van der Waals surface area contributed by atoms with E-state index in [-0.39, 0.29) is 17.5 Å². The minimum atomic E-state index is -4.48. The molecular formula is C15H17F3N6O. The Hall–Kier alpha value is -2.91. The molecule has 0 saturated carbocycles. The third kappa shape index (κ3) is 5.03. The summed E-state index contributed by atoms with van der Waals surface area (Å²) < 4.78 is 36.7. The summed E-state index contributed by atoms with van der Waals surface area (Å²) in [7, 11) is 0. The number of pyridine rings is 1. The first-order valence-electron chi connectivity index (χ1n) is 7.26. The van der Waals surface area contributed by atoms with E-state index in [2.05, 4.69) is 20.3 Å². The second-order valence-electron chi connectivity index (χ2n) is 5.75. The molecule has 2 rings (SSSR count). The van der Waals surface area contributed by atoms with Gasteiger partial charge in [-0.15, -0.1) is 0 Å². The van der Waals surface area contributed by atoms with E-state index in [9.17, 15) is 18.0 Å². The zero-order chi connectivity index (χ0) is 18.7. The number of alkyl halides is 3. The lowest BCUT2D eigenvalue weighted by molar-refractivity contribution is -0.140. The molecular weight excluding hydrogens is 337 g/mol. The van der Waals surface area contributed by atoms with Crippen LogP contribution in [-0.2, 0) is 4.79 Å². The Balaban J connectivity index is 2.16. The maximum atomic E-state index is 12.2. The number of rotatable bonds is 5. The minimum Gasteiger partial charge on any atom is -0.383 e. The standard InChI is InChI=1S/C15H17F3N6O/c1-14(2,13(25)22-8-15(16,17)18)24-10-5-7-21-12(23-10)9-4-3-6-20-11(9)19/h3-7H,8H2,1-2H3,(H2,19,20)(H,22,25)(H,21,23,24). The van der Waals surface area contributed by atoms with E-state index in [1.165, 1.54) is 32.3 Å². The van der Waals surface area contributed by atoms with Gasteiger partial charge in [0.1, 0.15) is 23.7 Å². The molecule has 0 bridgehead atoms. The fourth-order valence-electron chi connectivity index (χ4n) is 1.94. The van der Waals surface area contributed by atoms with Crippen molar-refractivity contribution in [3.8, 4) is 11.4 Å². The topological polar surface area (TPSA) is 106 Å². The number of amides is 1. The molecule has 4 N–H and O–H groups in total. The van der Waals surface area contributed by atoms with Crippen molar-refractivity contribution in [2.24, 2.45) is 0 Å². The number of nitrogens with zero attached hydrogens (tertiary/aromatic N) is 3. The predicted molar refractivity (Wildman–Crippen MR) is 86.4 cm³/mol. The molecule has 134 valence electrons. The summed E-state index contributed by atoms with van der Waals surface area (Å²) >= 11 is 0. The molecule has 0 aliphatic carbocycles. The second-order valence-corrected chi connectivity index (χ2v) is 5.75. The summed E-state index contributed by atoms with van der Waals surface area (Å²) in [6.45, 7) is 1.48. The Morgan fingerprint density at radius 1 is 1.20 bits per heavy atom. The van der Waals surface area contributed by atoms with Crippen LogP contribution in [-0.4, -0.2) is 39.1 Å². The van der Waals surface area contributed by atoms with Crippen LogP contribution >= 0.6 is 0 Å².